The Bertz CT molecular complexity index is 3900. The Morgan fingerprint density at radius 1 is 0.356 bits per heavy atom. The molecule has 0 aliphatic rings. The van der Waals surface area contributed by atoms with Gasteiger partial charge in [-0.3, -0.25) is 0 Å². The molecule has 13 aromatic rings. The predicted octanol–water partition coefficient (Wildman–Crippen LogP) is 16.3. The van der Waals surface area contributed by atoms with Crippen LogP contribution < -0.4 is 0 Å². The number of fused-ring (bicyclic) bond motifs is 16. The fourth-order valence-electron chi connectivity index (χ4n) is 10.5. The molecule has 0 atom stereocenters. The first-order valence-electron chi connectivity index (χ1n) is 20.9. The van der Waals surface area contributed by atoms with Gasteiger partial charge in [-0.15, -0.1) is 11.3 Å². The molecule has 0 fully saturated rings. The molecule has 0 aliphatic carbocycles. The van der Waals surface area contributed by atoms with Crippen LogP contribution in [0, 0.1) is 0 Å². The molecule has 0 unspecified atom stereocenters. The zero-order valence-electron chi connectivity index (χ0n) is 34.2. The maximum Gasteiger partial charge on any atom is 0.0627 e. The summed E-state index contributed by atoms with van der Waals surface area (Å²) in [6.07, 6.45) is 0. The minimum atomic E-state index is 0.000223. The molecule has 0 radical (unpaired) electrons. The third kappa shape index (κ3) is 4.41. The van der Waals surface area contributed by atoms with Gasteiger partial charge in [0.1, 0.15) is 0 Å². The second-order valence-electron chi connectivity index (χ2n) is 19.0. The molecular formula is C56H42N2S. The molecule has 2 nitrogen and oxygen atoms in total. The highest BCUT2D eigenvalue weighted by Gasteiger charge is 2.27. The Hall–Kier alpha value is -6.42. The van der Waals surface area contributed by atoms with Gasteiger partial charge in [-0.05, 0) is 98.8 Å². The summed E-state index contributed by atoms with van der Waals surface area (Å²) in [7, 11) is 0. The quantitative estimate of drug-likeness (QED) is 0.165. The fourth-order valence-corrected chi connectivity index (χ4v) is 11.7. The van der Waals surface area contributed by atoms with Crippen molar-refractivity contribution in [2.45, 2.75) is 52.4 Å². The van der Waals surface area contributed by atoms with E-state index >= 15 is 0 Å². The molecule has 5 aromatic heterocycles. The SMILES string of the molecule is CC(C)(C)c1ccc2c(c1)c1cc(C(C)(C)C)cc3c4cc5c(cc4n2c13)c1cc2sc3ccccc3c2c2c3ccc(-c4ccccc4-c4ccccc4)cc3n5c12. The molecule has 0 saturated carbocycles. The highest BCUT2D eigenvalue weighted by atomic mass is 32.1. The van der Waals surface area contributed by atoms with E-state index in [0.29, 0.717) is 0 Å². The van der Waals surface area contributed by atoms with E-state index < -0.39 is 0 Å². The third-order valence-corrected chi connectivity index (χ3v) is 14.6. The molecular weight excluding hydrogens is 733 g/mol. The highest BCUT2D eigenvalue weighted by Crippen LogP contribution is 2.50. The number of rotatable bonds is 2. The molecule has 0 N–H and O–H groups in total. The first-order valence-corrected chi connectivity index (χ1v) is 21.7. The van der Waals surface area contributed by atoms with E-state index in [-0.39, 0.29) is 10.8 Å². The average Bonchev–Trinajstić information content (AvgIpc) is 4.02. The summed E-state index contributed by atoms with van der Waals surface area (Å²) in [5, 5.41) is 13.4. The van der Waals surface area contributed by atoms with Crippen LogP contribution in [0.25, 0.3) is 119 Å². The molecule has 282 valence electrons. The van der Waals surface area contributed by atoms with E-state index in [9.17, 15) is 0 Å². The second kappa shape index (κ2) is 11.2. The summed E-state index contributed by atoms with van der Waals surface area (Å²) >= 11 is 1.92. The van der Waals surface area contributed by atoms with Crippen molar-refractivity contribution in [3.8, 4) is 22.3 Å². The minimum Gasteiger partial charge on any atom is -0.308 e. The molecule has 0 aliphatic heterocycles. The van der Waals surface area contributed by atoms with Crippen molar-refractivity contribution in [3.63, 3.8) is 0 Å². The Labute approximate surface area is 346 Å². The van der Waals surface area contributed by atoms with Crippen LogP contribution in [0.5, 0.6) is 0 Å². The van der Waals surface area contributed by atoms with Gasteiger partial charge >= 0.3 is 0 Å². The summed E-state index contributed by atoms with van der Waals surface area (Å²) in [6, 6.07) is 55.6. The minimum absolute atomic E-state index is 0.000223. The first kappa shape index (κ1) is 33.5. The number of benzene rings is 8. The van der Waals surface area contributed by atoms with Crippen LogP contribution in [-0.4, -0.2) is 8.80 Å². The Morgan fingerprint density at radius 2 is 0.932 bits per heavy atom. The molecule has 3 heteroatoms. The van der Waals surface area contributed by atoms with Crippen molar-refractivity contribution in [3.05, 3.63) is 157 Å². The van der Waals surface area contributed by atoms with Crippen molar-refractivity contribution in [1.82, 2.24) is 8.80 Å². The van der Waals surface area contributed by atoms with Crippen LogP contribution in [0.15, 0.2) is 146 Å². The molecule has 0 amide bonds. The number of hydrogen-bond acceptors (Lipinski definition) is 1. The maximum absolute atomic E-state index is 2.61. The van der Waals surface area contributed by atoms with Crippen molar-refractivity contribution in [2.24, 2.45) is 0 Å². The van der Waals surface area contributed by atoms with E-state index in [1.54, 1.807) is 0 Å². The summed E-state index contributed by atoms with van der Waals surface area (Å²) in [6.45, 7) is 14.0. The Morgan fingerprint density at radius 3 is 1.64 bits per heavy atom. The van der Waals surface area contributed by atoms with Gasteiger partial charge in [-0.2, -0.15) is 0 Å². The highest BCUT2D eigenvalue weighted by molar-refractivity contribution is 7.26. The average molecular weight is 775 g/mol. The van der Waals surface area contributed by atoms with E-state index in [2.05, 4.69) is 196 Å². The normalized spacial score (nSPS) is 13.3. The van der Waals surface area contributed by atoms with Gasteiger partial charge in [-0.1, -0.05) is 133 Å². The van der Waals surface area contributed by atoms with E-state index in [1.165, 1.54) is 130 Å². The van der Waals surface area contributed by atoms with E-state index in [4.69, 9.17) is 0 Å². The number of nitrogens with zero attached hydrogens (tertiary/aromatic N) is 2. The lowest BCUT2D eigenvalue weighted by molar-refractivity contribution is 0.590. The van der Waals surface area contributed by atoms with Crippen molar-refractivity contribution < 1.29 is 0 Å². The van der Waals surface area contributed by atoms with Crippen molar-refractivity contribution in [1.29, 1.82) is 0 Å². The largest absolute Gasteiger partial charge is 0.308 e. The van der Waals surface area contributed by atoms with Crippen LogP contribution in [0.4, 0.5) is 0 Å². The van der Waals surface area contributed by atoms with Crippen molar-refractivity contribution >= 4 is 108 Å². The third-order valence-electron chi connectivity index (χ3n) is 13.5. The zero-order valence-corrected chi connectivity index (χ0v) is 35.0. The number of aromatic nitrogens is 2. The number of hydrogen-bond donors (Lipinski definition) is 0. The lowest BCUT2D eigenvalue weighted by Gasteiger charge is -2.20. The van der Waals surface area contributed by atoms with Gasteiger partial charge in [0.2, 0.25) is 0 Å². The van der Waals surface area contributed by atoms with Crippen LogP contribution in [0.2, 0.25) is 0 Å². The van der Waals surface area contributed by atoms with Gasteiger partial charge < -0.3 is 8.80 Å². The molecule has 8 aromatic carbocycles. The second-order valence-corrected chi connectivity index (χ2v) is 20.1. The van der Waals surface area contributed by atoms with Gasteiger partial charge in [0.15, 0.2) is 0 Å². The summed E-state index contributed by atoms with van der Waals surface area (Å²) in [5.74, 6) is 0. The molecule has 5 heterocycles. The summed E-state index contributed by atoms with van der Waals surface area (Å²) in [4.78, 5) is 0. The monoisotopic (exact) mass is 774 g/mol. The molecule has 13 rings (SSSR count). The molecule has 0 bridgehead atoms. The van der Waals surface area contributed by atoms with Gasteiger partial charge in [0.25, 0.3) is 0 Å². The smallest absolute Gasteiger partial charge is 0.0627 e. The van der Waals surface area contributed by atoms with Crippen LogP contribution in [0.3, 0.4) is 0 Å². The number of thiophene rings is 1. The van der Waals surface area contributed by atoms with Crippen LogP contribution in [-0.2, 0) is 10.8 Å². The molecule has 0 spiro atoms. The van der Waals surface area contributed by atoms with Gasteiger partial charge in [0, 0.05) is 63.3 Å². The lowest BCUT2D eigenvalue weighted by Crippen LogP contribution is -2.11. The van der Waals surface area contributed by atoms with E-state index in [0.717, 1.165) is 0 Å². The Kier molecular flexibility index (Phi) is 6.36. The summed E-state index contributed by atoms with van der Waals surface area (Å²) in [5.41, 5.74) is 15.5. The molecule has 59 heavy (non-hydrogen) atoms. The predicted molar refractivity (Wildman–Crippen MR) is 257 cm³/mol. The Balaban J connectivity index is 1.21. The maximum atomic E-state index is 2.61. The topological polar surface area (TPSA) is 8.82 Å². The van der Waals surface area contributed by atoms with E-state index in [1.807, 2.05) is 11.3 Å². The van der Waals surface area contributed by atoms with Gasteiger partial charge in [0.05, 0.1) is 33.1 Å². The standard InChI is InChI=1S/C56H42N2S/c1-55(2,3)33-21-23-45-39(25-33)42-26-34(56(4,5)6)27-43-40-28-48-41(29-47(40)57(45)53(42)43)44-30-50-51(38-18-12-13-19-49(38)59-50)52-37-22-20-32(24-46(37)58(48)54(44)52)36-17-11-10-16-35(36)31-14-8-7-9-15-31/h7-30H,1-6H3. The zero-order chi connectivity index (χ0) is 39.7. The lowest BCUT2D eigenvalue weighted by atomic mass is 9.84. The van der Waals surface area contributed by atoms with Crippen molar-refractivity contribution in [2.75, 3.05) is 0 Å². The van der Waals surface area contributed by atoms with Crippen LogP contribution >= 0.6 is 11.3 Å². The fraction of sp³-hybridized carbons (Fsp3) is 0.143. The van der Waals surface area contributed by atoms with Crippen LogP contribution in [0.1, 0.15) is 52.7 Å². The molecule has 0 saturated heterocycles. The summed E-state index contributed by atoms with van der Waals surface area (Å²) < 4.78 is 7.88. The first-order chi connectivity index (χ1) is 28.5. The van der Waals surface area contributed by atoms with Gasteiger partial charge in [-0.25, -0.2) is 0 Å².